The third-order valence-electron chi connectivity index (χ3n) is 6.07. The Bertz CT molecular complexity index is 918. The van der Waals surface area contributed by atoms with Gasteiger partial charge in [-0.2, -0.15) is 0 Å². The first-order chi connectivity index (χ1) is 15.6. The highest BCUT2D eigenvalue weighted by Crippen LogP contribution is 2.25. The highest BCUT2D eigenvalue weighted by Gasteiger charge is 2.19. The minimum atomic E-state index is -0.760. The first kappa shape index (κ1) is 23.5. The van der Waals surface area contributed by atoms with Gasteiger partial charge in [0.2, 0.25) is 0 Å². The molecule has 0 saturated heterocycles. The second kappa shape index (κ2) is 12.0. The molecule has 0 radical (unpaired) electrons. The molecule has 3 amide bonds. The molecule has 6 nitrogen and oxygen atoms in total. The predicted molar refractivity (Wildman–Crippen MR) is 126 cm³/mol. The third kappa shape index (κ3) is 6.94. The third-order valence-corrected chi connectivity index (χ3v) is 6.07. The van der Waals surface area contributed by atoms with Crippen molar-refractivity contribution in [1.82, 2.24) is 10.6 Å². The van der Waals surface area contributed by atoms with E-state index in [-0.39, 0.29) is 5.91 Å². The van der Waals surface area contributed by atoms with E-state index in [1.807, 2.05) is 24.3 Å². The summed E-state index contributed by atoms with van der Waals surface area (Å²) < 4.78 is 0. The minimum absolute atomic E-state index is 0.307. The van der Waals surface area contributed by atoms with Crippen LogP contribution in [0.3, 0.4) is 0 Å². The standard InChI is InChI=1S/C26H33N3O3/c1-2-19-12-14-21(15-13-19)18-28-24(30)22-10-6-7-11-23(22)29-26(32)25(31)27-17-16-20-8-4-3-5-9-20/h6-7,10-15,20H,2-5,8-9,16-18H2,1H3,(H,27,31)(H,28,30)(H,29,32). The Morgan fingerprint density at radius 3 is 2.25 bits per heavy atom. The zero-order chi connectivity index (χ0) is 22.8. The van der Waals surface area contributed by atoms with Crippen molar-refractivity contribution in [2.45, 2.75) is 58.4 Å². The van der Waals surface area contributed by atoms with Crippen molar-refractivity contribution in [2.75, 3.05) is 11.9 Å². The molecule has 0 bridgehead atoms. The quantitative estimate of drug-likeness (QED) is 0.543. The number of amides is 3. The lowest BCUT2D eigenvalue weighted by Crippen LogP contribution is -2.37. The van der Waals surface area contributed by atoms with Gasteiger partial charge in [-0.3, -0.25) is 14.4 Å². The molecule has 2 aromatic carbocycles. The van der Waals surface area contributed by atoms with Crippen molar-refractivity contribution in [1.29, 1.82) is 0 Å². The van der Waals surface area contributed by atoms with Crippen LogP contribution in [0.2, 0.25) is 0 Å². The summed E-state index contributed by atoms with van der Waals surface area (Å²) in [5, 5.41) is 8.16. The first-order valence-corrected chi connectivity index (χ1v) is 11.6. The molecule has 1 saturated carbocycles. The Kier molecular flexibility index (Phi) is 8.84. The number of hydrogen-bond acceptors (Lipinski definition) is 3. The minimum Gasteiger partial charge on any atom is -0.348 e. The van der Waals surface area contributed by atoms with Crippen LogP contribution in [0.1, 0.15) is 66.9 Å². The van der Waals surface area contributed by atoms with Crippen LogP contribution in [0.25, 0.3) is 0 Å². The number of aryl methyl sites for hydroxylation is 1. The number of anilines is 1. The Balaban J connectivity index is 1.51. The first-order valence-electron chi connectivity index (χ1n) is 11.6. The van der Waals surface area contributed by atoms with Crippen LogP contribution in [0.4, 0.5) is 5.69 Å². The van der Waals surface area contributed by atoms with Crippen molar-refractivity contribution in [3.63, 3.8) is 0 Å². The fourth-order valence-electron chi connectivity index (χ4n) is 4.09. The summed E-state index contributed by atoms with van der Waals surface area (Å²) in [7, 11) is 0. The van der Waals surface area contributed by atoms with Crippen molar-refractivity contribution >= 4 is 23.4 Å². The summed E-state index contributed by atoms with van der Waals surface area (Å²) in [5.74, 6) is -1.11. The average molecular weight is 436 g/mol. The summed E-state index contributed by atoms with van der Waals surface area (Å²) in [6.45, 7) is 2.97. The van der Waals surface area contributed by atoms with E-state index in [0.29, 0.717) is 30.3 Å². The topological polar surface area (TPSA) is 87.3 Å². The highest BCUT2D eigenvalue weighted by molar-refractivity contribution is 6.40. The van der Waals surface area contributed by atoms with Crippen LogP contribution in [-0.4, -0.2) is 24.3 Å². The smallest absolute Gasteiger partial charge is 0.313 e. The van der Waals surface area contributed by atoms with E-state index in [2.05, 4.69) is 22.9 Å². The second-order valence-electron chi connectivity index (χ2n) is 8.40. The van der Waals surface area contributed by atoms with Gasteiger partial charge in [-0.05, 0) is 42.0 Å². The van der Waals surface area contributed by atoms with Gasteiger partial charge >= 0.3 is 11.8 Å². The largest absolute Gasteiger partial charge is 0.348 e. The van der Waals surface area contributed by atoms with Gasteiger partial charge in [0.05, 0.1) is 11.3 Å². The van der Waals surface area contributed by atoms with Crippen LogP contribution in [0.5, 0.6) is 0 Å². The van der Waals surface area contributed by atoms with Gasteiger partial charge in [0.25, 0.3) is 5.91 Å². The fourth-order valence-corrected chi connectivity index (χ4v) is 4.09. The maximum absolute atomic E-state index is 12.7. The molecule has 170 valence electrons. The lowest BCUT2D eigenvalue weighted by molar-refractivity contribution is -0.136. The van der Waals surface area contributed by atoms with Crippen molar-refractivity contribution in [2.24, 2.45) is 5.92 Å². The molecule has 32 heavy (non-hydrogen) atoms. The molecule has 0 atom stereocenters. The van der Waals surface area contributed by atoms with E-state index in [1.54, 1.807) is 24.3 Å². The normalized spacial score (nSPS) is 13.9. The number of benzene rings is 2. The van der Waals surface area contributed by atoms with Crippen LogP contribution < -0.4 is 16.0 Å². The lowest BCUT2D eigenvalue weighted by atomic mass is 9.87. The summed E-state index contributed by atoms with van der Waals surface area (Å²) >= 11 is 0. The number of rotatable bonds is 8. The molecular formula is C26H33N3O3. The van der Waals surface area contributed by atoms with Crippen molar-refractivity contribution < 1.29 is 14.4 Å². The Morgan fingerprint density at radius 1 is 0.844 bits per heavy atom. The summed E-state index contributed by atoms with van der Waals surface area (Å²) in [6, 6.07) is 14.8. The number of carbonyl (C=O) groups is 3. The Labute approximate surface area is 190 Å². The molecule has 3 N–H and O–H groups in total. The van der Waals surface area contributed by atoms with Crippen LogP contribution in [-0.2, 0) is 22.6 Å². The van der Waals surface area contributed by atoms with Crippen LogP contribution in [0.15, 0.2) is 48.5 Å². The maximum Gasteiger partial charge on any atom is 0.313 e. The molecule has 1 fully saturated rings. The Morgan fingerprint density at radius 2 is 1.53 bits per heavy atom. The van der Waals surface area contributed by atoms with E-state index in [1.165, 1.54) is 37.7 Å². The summed E-state index contributed by atoms with van der Waals surface area (Å²) in [5.41, 5.74) is 2.87. The molecule has 6 heteroatoms. The SMILES string of the molecule is CCc1ccc(CNC(=O)c2ccccc2NC(=O)C(=O)NCCC2CCCCC2)cc1. The van der Waals surface area contributed by atoms with Gasteiger partial charge in [-0.1, -0.05) is 75.4 Å². The average Bonchev–Trinajstić information content (AvgIpc) is 2.83. The lowest BCUT2D eigenvalue weighted by Gasteiger charge is -2.21. The molecule has 0 aromatic heterocycles. The fraction of sp³-hybridized carbons (Fsp3) is 0.423. The number of carbonyl (C=O) groups excluding carboxylic acids is 3. The molecule has 1 aliphatic carbocycles. The van der Waals surface area contributed by atoms with Gasteiger partial charge < -0.3 is 16.0 Å². The molecule has 3 rings (SSSR count). The van der Waals surface area contributed by atoms with E-state index in [4.69, 9.17) is 0 Å². The van der Waals surface area contributed by atoms with Crippen LogP contribution >= 0.6 is 0 Å². The summed E-state index contributed by atoms with van der Waals surface area (Å²) in [6.07, 6.45) is 8.07. The maximum atomic E-state index is 12.7. The number of nitrogens with one attached hydrogen (secondary N) is 3. The Hall–Kier alpha value is -3.15. The molecular weight excluding hydrogens is 402 g/mol. The van der Waals surface area contributed by atoms with E-state index < -0.39 is 11.8 Å². The zero-order valence-corrected chi connectivity index (χ0v) is 18.8. The van der Waals surface area contributed by atoms with Gasteiger partial charge in [-0.25, -0.2) is 0 Å². The molecule has 0 heterocycles. The zero-order valence-electron chi connectivity index (χ0n) is 18.8. The van der Waals surface area contributed by atoms with E-state index in [0.717, 1.165) is 18.4 Å². The number of para-hydroxylation sites is 1. The van der Waals surface area contributed by atoms with Crippen molar-refractivity contribution in [3.05, 3.63) is 65.2 Å². The molecule has 0 aliphatic heterocycles. The molecule has 1 aliphatic rings. The van der Waals surface area contributed by atoms with Gasteiger partial charge in [0.15, 0.2) is 0 Å². The van der Waals surface area contributed by atoms with Crippen molar-refractivity contribution in [3.8, 4) is 0 Å². The van der Waals surface area contributed by atoms with Gasteiger partial charge in [0.1, 0.15) is 0 Å². The highest BCUT2D eigenvalue weighted by atomic mass is 16.2. The van der Waals surface area contributed by atoms with Gasteiger partial charge in [0, 0.05) is 13.1 Å². The predicted octanol–water partition coefficient (Wildman–Crippen LogP) is 4.20. The second-order valence-corrected chi connectivity index (χ2v) is 8.40. The molecule has 0 unspecified atom stereocenters. The molecule has 2 aromatic rings. The van der Waals surface area contributed by atoms with Gasteiger partial charge in [-0.15, -0.1) is 0 Å². The van der Waals surface area contributed by atoms with E-state index >= 15 is 0 Å². The molecule has 0 spiro atoms. The summed E-state index contributed by atoms with van der Waals surface area (Å²) in [4.78, 5) is 37.3. The van der Waals surface area contributed by atoms with Crippen LogP contribution in [0, 0.1) is 5.92 Å². The monoisotopic (exact) mass is 435 g/mol. The van der Waals surface area contributed by atoms with E-state index in [9.17, 15) is 14.4 Å². The number of hydrogen-bond donors (Lipinski definition) is 3.